The van der Waals surface area contributed by atoms with Gasteiger partial charge in [-0.15, -0.1) is 0 Å². The highest BCUT2D eigenvalue weighted by Crippen LogP contribution is 2.36. The third-order valence-corrected chi connectivity index (χ3v) is 5.15. The van der Waals surface area contributed by atoms with Crippen molar-refractivity contribution in [3.63, 3.8) is 0 Å². The number of halogens is 1. The number of anilines is 2. The maximum atomic E-state index is 14.9. The van der Waals surface area contributed by atoms with E-state index in [9.17, 15) is 4.39 Å². The fraction of sp³-hybridized carbons (Fsp3) is 0.400. The molecule has 1 fully saturated rings. The molecule has 3 N–H and O–H groups in total. The normalized spacial score (nSPS) is 20.9. The maximum absolute atomic E-state index is 14.9. The molecule has 4 rings (SSSR count). The minimum Gasteiger partial charge on any atom is -0.497 e. The molecule has 0 saturated carbocycles. The van der Waals surface area contributed by atoms with Gasteiger partial charge < -0.3 is 30.2 Å². The second-order valence-corrected chi connectivity index (χ2v) is 7.14. The average molecular weight is 401 g/mol. The highest BCUT2D eigenvalue weighted by molar-refractivity contribution is 5.90. The van der Waals surface area contributed by atoms with Crippen molar-refractivity contribution in [2.45, 2.75) is 12.1 Å². The van der Waals surface area contributed by atoms with Crippen molar-refractivity contribution >= 4 is 23.4 Å². The van der Waals surface area contributed by atoms with Gasteiger partial charge in [-0.05, 0) is 17.7 Å². The Balaban J connectivity index is 1.67. The molecule has 0 radical (unpaired) electrons. The molecule has 1 saturated heterocycles. The number of hydrogen-bond donors (Lipinski definition) is 2. The van der Waals surface area contributed by atoms with Gasteiger partial charge in [0.15, 0.2) is 11.6 Å². The van der Waals surface area contributed by atoms with Gasteiger partial charge in [0.1, 0.15) is 11.6 Å². The summed E-state index contributed by atoms with van der Waals surface area (Å²) in [5, 5.41) is 3.23. The molecular formula is C20H24FN5O3. The predicted octanol–water partition coefficient (Wildman–Crippen LogP) is 1.76. The van der Waals surface area contributed by atoms with Crippen LogP contribution in [0.2, 0.25) is 0 Å². The van der Waals surface area contributed by atoms with E-state index in [-0.39, 0.29) is 17.8 Å². The number of aromatic nitrogens is 2. The minimum atomic E-state index is -0.425. The summed E-state index contributed by atoms with van der Waals surface area (Å²) in [6.07, 6.45) is 3.61. The zero-order valence-electron chi connectivity index (χ0n) is 16.6. The fourth-order valence-corrected chi connectivity index (χ4v) is 3.54. The Hall–Kier alpha value is -2.91. The Morgan fingerprint density at radius 2 is 2.10 bits per heavy atom. The number of ether oxygens (including phenoxy) is 3. The highest BCUT2D eigenvalue weighted by atomic mass is 19.1. The molecule has 1 aromatic heterocycles. The minimum absolute atomic E-state index is 0.0219. The van der Waals surface area contributed by atoms with Gasteiger partial charge >= 0.3 is 0 Å². The van der Waals surface area contributed by atoms with Gasteiger partial charge in [-0.3, -0.25) is 0 Å². The monoisotopic (exact) mass is 401 g/mol. The van der Waals surface area contributed by atoms with Gasteiger partial charge in [0.25, 0.3) is 0 Å². The molecule has 2 aliphatic rings. The Labute approximate surface area is 168 Å². The van der Waals surface area contributed by atoms with Gasteiger partial charge in [0.05, 0.1) is 39.5 Å². The number of fused-ring (bicyclic) bond motifs is 1. The molecular weight excluding hydrogens is 377 g/mol. The summed E-state index contributed by atoms with van der Waals surface area (Å²) < 4.78 is 30.7. The van der Waals surface area contributed by atoms with Gasteiger partial charge in [-0.1, -0.05) is 0 Å². The van der Waals surface area contributed by atoms with E-state index in [1.807, 2.05) is 18.0 Å². The molecule has 0 aliphatic carbocycles. The topological polar surface area (TPSA) is 94.8 Å². The van der Waals surface area contributed by atoms with Gasteiger partial charge in [0.2, 0.25) is 5.95 Å². The van der Waals surface area contributed by atoms with Crippen molar-refractivity contribution in [1.29, 1.82) is 0 Å². The van der Waals surface area contributed by atoms with E-state index < -0.39 is 5.82 Å². The zero-order valence-corrected chi connectivity index (χ0v) is 16.6. The fourth-order valence-electron chi connectivity index (χ4n) is 3.54. The first-order chi connectivity index (χ1) is 14.0. The number of benzene rings is 1. The lowest BCUT2D eigenvalue weighted by atomic mass is 9.98. The van der Waals surface area contributed by atoms with E-state index >= 15 is 0 Å². The molecule has 0 bridgehead atoms. The summed E-state index contributed by atoms with van der Waals surface area (Å²) >= 11 is 0. The summed E-state index contributed by atoms with van der Waals surface area (Å²) in [6, 6.07) is 3.08. The van der Waals surface area contributed by atoms with Crippen molar-refractivity contribution in [3.05, 3.63) is 35.3 Å². The Bertz CT molecular complexity index is 952. The lowest BCUT2D eigenvalue weighted by Gasteiger charge is -2.27. The highest BCUT2D eigenvalue weighted by Gasteiger charge is 2.27. The molecule has 2 aromatic rings. The molecule has 8 nitrogen and oxygen atoms in total. The van der Waals surface area contributed by atoms with Crippen LogP contribution in [-0.2, 0) is 4.74 Å². The van der Waals surface area contributed by atoms with Crippen LogP contribution in [0, 0.1) is 5.82 Å². The Morgan fingerprint density at radius 1 is 1.28 bits per heavy atom. The van der Waals surface area contributed by atoms with E-state index in [1.54, 1.807) is 12.3 Å². The average Bonchev–Trinajstić information content (AvgIpc) is 3.13. The van der Waals surface area contributed by atoms with Crippen LogP contribution in [0.25, 0.3) is 11.6 Å². The first kappa shape index (κ1) is 19.4. The first-order valence-electron chi connectivity index (χ1n) is 9.30. The van der Waals surface area contributed by atoms with Crippen molar-refractivity contribution in [2.24, 2.45) is 5.73 Å². The standard InChI is InChI=1S/C20H24FN5O3/c1-26-8-12(14-5-13(27-2)6-17(28-3)18(14)21)4-11-7-23-20(25-19(11)26)24-16-10-29-9-15(16)22/h4-7,15-16H,8-10,22H2,1-3H3,(H,23,24,25)/t15-,16+/m0/s1. The van der Waals surface area contributed by atoms with E-state index in [1.165, 1.54) is 20.3 Å². The van der Waals surface area contributed by atoms with Gasteiger partial charge in [-0.25, -0.2) is 9.37 Å². The molecule has 29 heavy (non-hydrogen) atoms. The third kappa shape index (κ3) is 3.70. The van der Waals surface area contributed by atoms with E-state index in [0.29, 0.717) is 37.0 Å². The Kier molecular flexibility index (Phi) is 5.25. The second-order valence-electron chi connectivity index (χ2n) is 7.14. The number of likely N-dealkylation sites (N-methyl/N-ethyl adjacent to an activating group) is 1. The number of nitrogens with zero attached hydrogens (tertiary/aromatic N) is 3. The summed E-state index contributed by atoms with van der Waals surface area (Å²) in [5.41, 5.74) is 8.02. The zero-order chi connectivity index (χ0) is 20.5. The lowest BCUT2D eigenvalue weighted by Crippen LogP contribution is -2.39. The number of methoxy groups -OCH3 is 2. The lowest BCUT2D eigenvalue weighted by molar-refractivity contribution is 0.192. The van der Waals surface area contributed by atoms with Crippen LogP contribution >= 0.6 is 0 Å². The summed E-state index contributed by atoms with van der Waals surface area (Å²) in [5.74, 6) is 1.49. The van der Waals surface area contributed by atoms with Crippen LogP contribution in [0.1, 0.15) is 11.1 Å². The molecule has 2 atom stereocenters. The van der Waals surface area contributed by atoms with Crippen LogP contribution < -0.4 is 25.4 Å². The second kappa shape index (κ2) is 7.84. The van der Waals surface area contributed by atoms with Gasteiger partial charge in [-0.2, -0.15) is 4.98 Å². The molecule has 1 aromatic carbocycles. The predicted molar refractivity (Wildman–Crippen MR) is 109 cm³/mol. The van der Waals surface area contributed by atoms with Crippen molar-refractivity contribution in [3.8, 4) is 11.5 Å². The largest absolute Gasteiger partial charge is 0.497 e. The first-order valence-corrected chi connectivity index (χ1v) is 9.30. The van der Waals surface area contributed by atoms with E-state index in [4.69, 9.17) is 19.9 Å². The maximum Gasteiger partial charge on any atom is 0.224 e. The number of hydrogen-bond acceptors (Lipinski definition) is 8. The smallest absolute Gasteiger partial charge is 0.224 e. The molecule has 2 aliphatic heterocycles. The van der Waals surface area contributed by atoms with Crippen LogP contribution in [0.4, 0.5) is 16.2 Å². The molecule has 9 heteroatoms. The molecule has 0 amide bonds. The van der Waals surface area contributed by atoms with Crippen molar-refractivity contribution < 1.29 is 18.6 Å². The SMILES string of the molecule is COc1cc(OC)c(F)c(C2=Cc3cnc(N[C@@H]4COC[C@@H]4N)nc3N(C)C2)c1. The van der Waals surface area contributed by atoms with Crippen LogP contribution in [-0.4, -0.2) is 63.1 Å². The molecule has 0 unspecified atom stereocenters. The molecule has 0 spiro atoms. The van der Waals surface area contributed by atoms with Crippen LogP contribution in [0.15, 0.2) is 18.3 Å². The molecule has 154 valence electrons. The van der Waals surface area contributed by atoms with Gasteiger partial charge in [0, 0.05) is 37.0 Å². The summed E-state index contributed by atoms with van der Waals surface area (Å²) in [6.45, 7) is 1.52. The van der Waals surface area contributed by atoms with E-state index in [2.05, 4.69) is 15.3 Å². The Morgan fingerprint density at radius 3 is 2.79 bits per heavy atom. The van der Waals surface area contributed by atoms with E-state index in [0.717, 1.165) is 17.0 Å². The summed E-state index contributed by atoms with van der Waals surface area (Å²) in [4.78, 5) is 11.0. The summed E-state index contributed by atoms with van der Waals surface area (Å²) in [7, 11) is 4.88. The number of nitrogens with two attached hydrogens (primary N) is 1. The van der Waals surface area contributed by atoms with Crippen molar-refractivity contribution in [1.82, 2.24) is 9.97 Å². The molecule has 3 heterocycles. The van der Waals surface area contributed by atoms with Crippen LogP contribution in [0.5, 0.6) is 11.5 Å². The quantitative estimate of drug-likeness (QED) is 0.783. The number of rotatable bonds is 5. The third-order valence-electron chi connectivity index (χ3n) is 5.15. The van der Waals surface area contributed by atoms with Crippen molar-refractivity contribution in [2.75, 3.05) is 51.2 Å². The van der Waals surface area contributed by atoms with Crippen LogP contribution in [0.3, 0.4) is 0 Å². The number of nitrogens with one attached hydrogen (secondary N) is 1.